The third-order valence-corrected chi connectivity index (χ3v) is 4.48. The van der Waals surface area contributed by atoms with Crippen molar-refractivity contribution in [3.63, 3.8) is 0 Å². The summed E-state index contributed by atoms with van der Waals surface area (Å²) in [5.41, 5.74) is 2.19. The first-order valence-corrected chi connectivity index (χ1v) is 8.66. The molecular weight excluding hydrogens is 402 g/mol. The summed E-state index contributed by atoms with van der Waals surface area (Å²) in [6.07, 6.45) is 1.74. The largest absolute Gasteiger partial charge is 0.483 e. The van der Waals surface area contributed by atoms with E-state index in [-0.39, 0.29) is 17.9 Å². The molecule has 0 unspecified atom stereocenters. The van der Waals surface area contributed by atoms with Crippen LogP contribution in [0.2, 0.25) is 0 Å². The summed E-state index contributed by atoms with van der Waals surface area (Å²) in [6, 6.07) is 13.1. The van der Waals surface area contributed by atoms with Crippen LogP contribution >= 0.6 is 15.9 Å². The smallest absolute Gasteiger partial charge is 0.290 e. The number of aryl methyl sites for hydroxylation is 1. The van der Waals surface area contributed by atoms with Crippen LogP contribution in [0.3, 0.4) is 0 Å². The van der Waals surface area contributed by atoms with Crippen LogP contribution in [0, 0.1) is 0 Å². The van der Waals surface area contributed by atoms with E-state index in [0.29, 0.717) is 23.0 Å². The van der Waals surface area contributed by atoms with E-state index in [1.54, 1.807) is 18.2 Å². The quantitative estimate of drug-likeness (QED) is 0.375. The topological polar surface area (TPSA) is 115 Å². The van der Waals surface area contributed by atoms with E-state index in [4.69, 9.17) is 9.90 Å². The number of benzene rings is 2. The summed E-state index contributed by atoms with van der Waals surface area (Å²) >= 11 is 3.52. The minimum atomic E-state index is -0.250. The molecule has 0 bridgehead atoms. The van der Waals surface area contributed by atoms with Gasteiger partial charge in [-0.3, -0.25) is 24.6 Å². The molecular formula is C18H18BrN3O4. The van der Waals surface area contributed by atoms with E-state index in [1.165, 1.54) is 5.56 Å². The highest BCUT2D eigenvalue weighted by atomic mass is 79.9. The Morgan fingerprint density at radius 3 is 2.65 bits per heavy atom. The number of carboxylic acid groups (broad SMARTS) is 1. The number of aromatic amines is 2. The van der Waals surface area contributed by atoms with E-state index >= 15 is 0 Å². The van der Waals surface area contributed by atoms with Gasteiger partial charge >= 0.3 is 0 Å². The third-order valence-electron chi connectivity index (χ3n) is 3.70. The first kappa shape index (κ1) is 19.5. The highest BCUT2D eigenvalue weighted by Gasteiger charge is 2.08. The Kier molecular flexibility index (Phi) is 7.16. The van der Waals surface area contributed by atoms with Crippen LogP contribution < -0.4 is 10.9 Å². The van der Waals surface area contributed by atoms with E-state index < -0.39 is 0 Å². The molecule has 7 nitrogen and oxygen atoms in total. The second-order valence-electron chi connectivity index (χ2n) is 5.40. The van der Waals surface area contributed by atoms with Gasteiger partial charge in [-0.2, -0.15) is 0 Å². The van der Waals surface area contributed by atoms with Crippen LogP contribution in [-0.4, -0.2) is 34.2 Å². The summed E-state index contributed by atoms with van der Waals surface area (Å²) < 4.78 is 1.09. The highest BCUT2D eigenvalue weighted by Crippen LogP contribution is 2.17. The maximum absolute atomic E-state index is 12.2. The van der Waals surface area contributed by atoms with Crippen LogP contribution in [0.5, 0.6) is 0 Å². The molecule has 4 N–H and O–H groups in total. The van der Waals surface area contributed by atoms with Crippen molar-refractivity contribution in [2.45, 2.75) is 12.8 Å². The lowest BCUT2D eigenvalue weighted by Gasteiger charge is -2.06. The second-order valence-corrected chi connectivity index (χ2v) is 6.25. The molecule has 1 aromatic heterocycles. The molecule has 136 valence electrons. The zero-order valence-electron chi connectivity index (χ0n) is 13.8. The number of aromatic nitrogens is 2. The van der Waals surface area contributed by atoms with Gasteiger partial charge in [0.2, 0.25) is 0 Å². The van der Waals surface area contributed by atoms with E-state index in [2.05, 4.69) is 37.5 Å². The molecule has 3 rings (SSSR count). The van der Waals surface area contributed by atoms with Gasteiger partial charge in [-0.15, -0.1) is 0 Å². The molecule has 0 saturated heterocycles. The number of carbonyl (C=O) groups excluding carboxylic acids is 1. The van der Waals surface area contributed by atoms with Gasteiger partial charge in [0.25, 0.3) is 17.9 Å². The Balaban J connectivity index is 0.000000758. The van der Waals surface area contributed by atoms with Gasteiger partial charge in [-0.05, 0) is 42.7 Å². The summed E-state index contributed by atoms with van der Waals surface area (Å²) in [4.78, 5) is 32.1. The summed E-state index contributed by atoms with van der Waals surface area (Å²) in [6.45, 7) is 0.335. The second kappa shape index (κ2) is 9.57. The Morgan fingerprint density at radius 1 is 1.19 bits per heavy atom. The lowest BCUT2D eigenvalue weighted by molar-refractivity contribution is -0.122. The molecule has 3 aromatic rings. The molecule has 0 aliphatic carbocycles. The number of hydrogen-bond acceptors (Lipinski definition) is 3. The number of nitrogens with one attached hydrogen (secondary N) is 3. The first-order chi connectivity index (χ1) is 12.6. The normalized spacial score (nSPS) is 10.0. The van der Waals surface area contributed by atoms with Crippen molar-refractivity contribution in [1.82, 2.24) is 15.5 Å². The molecule has 0 aliphatic rings. The Bertz CT molecular complexity index is 949. The monoisotopic (exact) mass is 419 g/mol. The lowest BCUT2D eigenvalue weighted by atomic mass is 10.1. The molecule has 0 saturated carbocycles. The highest BCUT2D eigenvalue weighted by molar-refractivity contribution is 9.10. The Hall–Kier alpha value is -2.87. The fraction of sp³-hybridized carbons (Fsp3) is 0.167. The molecule has 0 spiro atoms. The number of carbonyl (C=O) groups is 2. The molecule has 26 heavy (non-hydrogen) atoms. The number of hydrogen-bond donors (Lipinski definition) is 4. The number of H-pyrrole nitrogens is 2. The van der Waals surface area contributed by atoms with Crippen molar-refractivity contribution < 1.29 is 14.7 Å². The summed E-state index contributed by atoms with van der Waals surface area (Å²) in [5, 5.41) is 15.5. The fourth-order valence-corrected chi connectivity index (χ4v) is 2.94. The van der Waals surface area contributed by atoms with Gasteiger partial charge in [-0.25, -0.2) is 0 Å². The van der Waals surface area contributed by atoms with Gasteiger partial charge in [0, 0.05) is 16.6 Å². The van der Waals surface area contributed by atoms with Gasteiger partial charge < -0.3 is 10.4 Å². The molecule has 1 heterocycles. The minimum absolute atomic E-state index is 0.167. The van der Waals surface area contributed by atoms with Crippen molar-refractivity contribution in [2.24, 2.45) is 0 Å². The lowest BCUT2D eigenvalue weighted by Crippen LogP contribution is -2.24. The third kappa shape index (κ3) is 5.06. The number of amides is 1. The van der Waals surface area contributed by atoms with Gasteiger partial charge in [0.05, 0.1) is 10.9 Å². The molecule has 0 fully saturated rings. The van der Waals surface area contributed by atoms with Crippen LogP contribution in [0.25, 0.3) is 10.9 Å². The van der Waals surface area contributed by atoms with Crippen molar-refractivity contribution >= 4 is 39.2 Å². The zero-order valence-corrected chi connectivity index (χ0v) is 15.4. The van der Waals surface area contributed by atoms with Crippen molar-refractivity contribution in [3.05, 3.63) is 68.4 Å². The number of halogens is 1. The minimum Gasteiger partial charge on any atom is -0.483 e. The maximum Gasteiger partial charge on any atom is 0.290 e. The van der Waals surface area contributed by atoms with Gasteiger partial charge in [0.1, 0.15) is 0 Å². The van der Waals surface area contributed by atoms with E-state index in [0.717, 1.165) is 17.3 Å². The predicted octanol–water partition coefficient (Wildman–Crippen LogP) is 2.68. The van der Waals surface area contributed by atoms with Crippen molar-refractivity contribution in [3.8, 4) is 0 Å². The van der Waals surface area contributed by atoms with E-state index in [9.17, 15) is 9.59 Å². The molecule has 1 amide bonds. The first-order valence-electron chi connectivity index (χ1n) is 7.86. The van der Waals surface area contributed by atoms with Crippen LogP contribution in [0.4, 0.5) is 0 Å². The van der Waals surface area contributed by atoms with Crippen LogP contribution in [-0.2, 0) is 11.2 Å². The van der Waals surface area contributed by atoms with Gasteiger partial charge in [0.15, 0.2) is 0 Å². The maximum atomic E-state index is 12.2. The standard InChI is InChI=1S/C17H16BrN3O2.CH2O2/c18-14-6-2-1-4-11(14)5-3-9-19-16(22)12-7-8-15-13(10-12)17(23)21-20-15;2-1-3/h1-2,4,6-8,10H,3,5,9H2,(H,19,22)(H2,20,21,23);1H,(H,2,3). The summed E-state index contributed by atoms with van der Waals surface area (Å²) in [5.74, 6) is -0.167. The fourth-order valence-electron chi connectivity index (χ4n) is 2.46. The average Bonchev–Trinajstić information content (AvgIpc) is 3.01. The van der Waals surface area contributed by atoms with Crippen molar-refractivity contribution in [2.75, 3.05) is 6.54 Å². The van der Waals surface area contributed by atoms with Gasteiger partial charge in [-0.1, -0.05) is 34.1 Å². The predicted molar refractivity (Wildman–Crippen MR) is 102 cm³/mol. The zero-order chi connectivity index (χ0) is 18.9. The Labute approximate surface area is 157 Å². The molecule has 0 aliphatic heterocycles. The molecule has 2 aromatic carbocycles. The van der Waals surface area contributed by atoms with Crippen LogP contribution in [0.15, 0.2) is 51.7 Å². The van der Waals surface area contributed by atoms with Crippen molar-refractivity contribution in [1.29, 1.82) is 0 Å². The Morgan fingerprint density at radius 2 is 1.92 bits per heavy atom. The SMILES string of the molecule is O=C(NCCCc1ccccc1Br)c1ccc2[nH][nH]c(=O)c2c1.O=CO. The molecule has 8 heteroatoms. The van der Waals surface area contributed by atoms with Crippen LogP contribution in [0.1, 0.15) is 22.3 Å². The number of fused-ring (bicyclic) bond motifs is 1. The van der Waals surface area contributed by atoms with E-state index in [1.807, 2.05) is 18.2 Å². The molecule has 0 atom stereocenters. The molecule has 0 radical (unpaired) electrons. The number of rotatable bonds is 5. The average molecular weight is 420 g/mol. The summed E-state index contributed by atoms with van der Waals surface area (Å²) in [7, 11) is 0.